The number of rotatable bonds is 0. The number of aromatic nitrogens is 1. The van der Waals surface area contributed by atoms with Crippen LogP contribution < -0.4 is 5.56 Å². The average molecular weight is 171 g/mol. The van der Waals surface area contributed by atoms with Crippen LogP contribution in [0.4, 0.5) is 8.78 Å². The zero-order valence-electron chi connectivity index (χ0n) is 5.73. The molecular formula is C7H3F2NO2. The lowest BCUT2D eigenvalue weighted by atomic mass is 10.2. The van der Waals surface area contributed by atoms with E-state index in [1.807, 2.05) is 5.16 Å². The van der Waals surface area contributed by atoms with Crippen LogP contribution in [0.2, 0.25) is 0 Å². The van der Waals surface area contributed by atoms with E-state index in [0.717, 1.165) is 6.07 Å². The summed E-state index contributed by atoms with van der Waals surface area (Å²) in [5.74, 6) is -1.68. The van der Waals surface area contributed by atoms with Gasteiger partial charge in [-0.3, -0.25) is 4.79 Å². The number of halogens is 2. The Bertz CT molecular complexity index is 486. The Morgan fingerprint density at radius 1 is 1.33 bits per heavy atom. The zero-order valence-corrected chi connectivity index (χ0v) is 5.73. The predicted octanol–water partition coefficient (Wildman–Crippen LogP) is 1.40. The molecule has 0 saturated heterocycles. The van der Waals surface area contributed by atoms with Crippen molar-refractivity contribution in [3.05, 3.63) is 34.1 Å². The Balaban J connectivity index is 3.02. The topological polar surface area (TPSA) is 46.0 Å². The Hall–Kier alpha value is -1.65. The van der Waals surface area contributed by atoms with Gasteiger partial charge in [-0.25, -0.2) is 8.78 Å². The van der Waals surface area contributed by atoms with E-state index in [9.17, 15) is 13.6 Å². The molecule has 0 bridgehead atoms. The van der Waals surface area contributed by atoms with Crippen LogP contribution in [0.1, 0.15) is 0 Å². The fourth-order valence-electron chi connectivity index (χ4n) is 0.985. The van der Waals surface area contributed by atoms with Gasteiger partial charge in [-0.15, -0.1) is 0 Å². The molecule has 2 rings (SSSR count). The molecule has 0 aliphatic heterocycles. The highest BCUT2D eigenvalue weighted by Crippen LogP contribution is 2.15. The van der Waals surface area contributed by atoms with E-state index < -0.39 is 17.2 Å². The number of fused-ring (bicyclic) bond motifs is 1. The van der Waals surface area contributed by atoms with Gasteiger partial charge in [0.2, 0.25) is 5.58 Å². The van der Waals surface area contributed by atoms with Crippen LogP contribution in [0, 0.1) is 11.6 Å². The van der Waals surface area contributed by atoms with Crippen LogP contribution in [0.15, 0.2) is 21.5 Å². The first-order valence-electron chi connectivity index (χ1n) is 3.15. The number of aromatic amines is 1. The van der Waals surface area contributed by atoms with Crippen LogP contribution in [0.25, 0.3) is 11.0 Å². The number of hydrogen-bond acceptors (Lipinski definition) is 2. The average Bonchev–Trinajstić information content (AvgIpc) is 2.33. The highest BCUT2D eigenvalue weighted by Gasteiger charge is 2.10. The van der Waals surface area contributed by atoms with Gasteiger partial charge in [-0.2, -0.15) is 5.16 Å². The Morgan fingerprint density at radius 2 is 2.08 bits per heavy atom. The van der Waals surface area contributed by atoms with Gasteiger partial charge in [0.05, 0.1) is 5.39 Å². The van der Waals surface area contributed by atoms with E-state index in [4.69, 9.17) is 0 Å². The largest absolute Gasteiger partial charge is 0.375 e. The summed E-state index contributed by atoms with van der Waals surface area (Å²) < 4.78 is 29.7. The van der Waals surface area contributed by atoms with Gasteiger partial charge in [0, 0.05) is 6.07 Å². The lowest BCUT2D eigenvalue weighted by Crippen LogP contribution is -1.97. The van der Waals surface area contributed by atoms with Crippen molar-refractivity contribution in [2.24, 2.45) is 0 Å². The SMILES string of the molecule is O=c1[nH]oc2c(F)cc(F)cc12. The number of hydrogen-bond donors (Lipinski definition) is 1. The van der Waals surface area contributed by atoms with Gasteiger partial charge in [0.1, 0.15) is 5.82 Å². The molecule has 1 N–H and O–H groups in total. The minimum absolute atomic E-state index is 0.118. The van der Waals surface area contributed by atoms with Crippen molar-refractivity contribution in [1.82, 2.24) is 5.16 Å². The molecule has 0 radical (unpaired) electrons. The smallest absolute Gasteiger partial charge is 0.288 e. The van der Waals surface area contributed by atoms with Gasteiger partial charge in [-0.05, 0) is 6.07 Å². The summed E-state index contributed by atoms with van der Waals surface area (Å²) in [4.78, 5) is 10.8. The molecule has 3 nitrogen and oxygen atoms in total. The summed E-state index contributed by atoms with van der Waals surface area (Å²) in [5, 5.41) is 1.79. The quantitative estimate of drug-likeness (QED) is 0.651. The van der Waals surface area contributed by atoms with E-state index in [2.05, 4.69) is 4.52 Å². The molecule has 0 aliphatic rings. The molecule has 1 heterocycles. The first kappa shape index (κ1) is 7.02. The molecule has 0 amide bonds. The van der Waals surface area contributed by atoms with Gasteiger partial charge in [0.25, 0.3) is 5.56 Å². The minimum atomic E-state index is -0.886. The van der Waals surface area contributed by atoms with Gasteiger partial charge in [-0.1, -0.05) is 0 Å². The molecule has 1 aromatic carbocycles. The summed E-state index contributed by atoms with van der Waals surface area (Å²) in [6.45, 7) is 0. The molecule has 5 heteroatoms. The normalized spacial score (nSPS) is 10.8. The molecule has 0 atom stereocenters. The van der Waals surface area contributed by atoms with Crippen molar-refractivity contribution < 1.29 is 13.3 Å². The van der Waals surface area contributed by atoms with Gasteiger partial charge >= 0.3 is 0 Å². The Morgan fingerprint density at radius 3 is 2.83 bits per heavy atom. The van der Waals surface area contributed by atoms with Crippen molar-refractivity contribution in [3.63, 3.8) is 0 Å². The van der Waals surface area contributed by atoms with Crippen LogP contribution in [-0.4, -0.2) is 5.16 Å². The van der Waals surface area contributed by atoms with E-state index in [0.29, 0.717) is 6.07 Å². The molecule has 0 aliphatic carbocycles. The van der Waals surface area contributed by atoms with Crippen LogP contribution in [-0.2, 0) is 0 Å². The van der Waals surface area contributed by atoms with Gasteiger partial charge in [0.15, 0.2) is 5.82 Å². The molecule has 0 saturated carbocycles. The maximum absolute atomic E-state index is 12.8. The van der Waals surface area contributed by atoms with Crippen LogP contribution in [0.3, 0.4) is 0 Å². The highest BCUT2D eigenvalue weighted by molar-refractivity contribution is 5.76. The second kappa shape index (κ2) is 2.17. The molecule has 12 heavy (non-hydrogen) atoms. The lowest BCUT2D eigenvalue weighted by Gasteiger charge is -1.88. The Labute approximate surface area is 64.6 Å². The molecule has 0 fully saturated rings. The molecule has 2 aromatic rings. The fraction of sp³-hybridized carbons (Fsp3) is 0. The summed E-state index contributed by atoms with van der Waals surface area (Å²) in [6.07, 6.45) is 0. The van der Waals surface area contributed by atoms with Crippen molar-refractivity contribution in [2.75, 3.05) is 0 Å². The number of benzene rings is 1. The molecular weight excluding hydrogens is 168 g/mol. The van der Waals surface area contributed by atoms with Crippen molar-refractivity contribution in [3.8, 4) is 0 Å². The monoisotopic (exact) mass is 171 g/mol. The predicted molar refractivity (Wildman–Crippen MR) is 36.8 cm³/mol. The van der Waals surface area contributed by atoms with Crippen molar-refractivity contribution in [1.29, 1.82) is 0 Å². The lowest BCUT2D eigenvalue weighted by molar-refractivity contribution is 0.433. The Kier molecular flexibility index (Phi) is 1.27. The maximum Gasteiger partial charge on any atom is 0.288 e. The molecule has 0 unspecified atom stereocenters. The zero-order chi connectivity index (χ0) is 8.72. The molecule has 0 spiro atoms. The standard InChI is InChI=1S/C7H3F2NO2/c8-3-1-4-6(5(9)2-3)12-10-7(4)11/h1-2H,(H,10,11). The van der Waals surface area contributed by atoms with Crippen molar-refractivity contribution in [2.45, 2.75) is 0 Å². The van der Waals surface area contributed by atoms with E-state index in [1.54, 1.807) is 0 Å². The summed E-state index contributed by atoms with van der Waals surface area (Å²) >= 11 is 0. The number of nitrogens with one attached hydrogen (secondary N) is 1. The molecule has 1 aromatic heterocycles. The highest BCUT2D eigenvalue weighted by atomic mass is 19.1. The summed E-state index contributed by atoms with van der Waals surface area (Å²) in [7, 11) is 0. The van der Waals surface area contributed by atoms with Crippen molar-refractivity contribution >= 4 is 11.0 Å². The second-order valence-electron chi connectivity index (χ2n) is 2.30. The fourth-order valence-corrected chi connectivity index (χ4v) is 0.985. The molecule has 62 valence electrons. The van der Waals surface area contributed by atoms with Crippen LogP contribution in [0.5, 0.6) is 0 Å². The van der Waals surface area contributed by atoms with E-state index in [1.165, 1.54) is 0 Å². The second-order valence-corrected chi connectivity index (χ2v) is 2.30. The first-order valence-corrected chi connectivity index (χ1v) is 3.15. The minimum Gasteiger partial charge on any atom is -0.375 e. The third kappa shape index (κ3) is 0.827. The van der Waals surface area contributed by atoms with Crippen LogP contribution >= 0.6 is 0 Å². The summed E-state index contributed by atoms with van der Waals surface area (Å²) in [6, 6.07) is 1.57. The summed E-state index contributed by atoms with van der Waals surface area (Å²) in [5.41, 5.74) is -0.884. The maximum atomic E-state index is 12.8. The van der Waals surface area contributed by atoms with Gasteiger partial charge < -0.3 is 4.52 Å². The van der Waals surface area contributed by atoms with E-state index in [-0.39, 0.29) is 11.0 Å². The van der Waals surface area contributed by atoms with E-state index >= 15 is 0 Å². The first-order chi connectivity index (χ1) is 5.68. The number of H-pyrrole nitrogens is 1. The third-order valence-electron chi connectivity index (χ3n) is 1.50. The third-order valence-corrected chi connectivity index (χ3v) is 1.50.